The van der Waals surface area contributed by atoms with Gasteiger partial charge in [0.25, 0.3) is 0 Å². The van der Waals surface area contributed by atoms with Crippen molar-refractivity contribution in [1.29, 1.82) is 0 Å². The van der Waals surface area contributed by atoms with E-state index in [2.05, 4.69) is 30.2 Å². The third-order valence-electron chi connectivity index (χ3n) is 3.63. The molecule has 0 saturated carbocycles. The van der Waals surface area contributed by atoms with Crippen molar-refractivity contribution in [2.45, 2.75) is 26.1 Å². The molecule has 0 spiro atoms. The van der Waals surface area contributed by atoms with Crippen molar-refractivity contribution in [3.8, 4) is 0 Å². The van der Waals surface area contributed by atoms with Gasteiger partial charge < -0.3 is 9.47 Å². The summed E-state index contributed by atoms with van der Waals surface area (Å²) in [4.78, 5) is 2.52. The Morgan fingerprint density at radius 1 is 1.22 bits per heavy atom. The molecule has 2 aliphatic rings. The Kier molecular flexibility index (Phi) is 5.01. The van der Waals surface area contributed by atoms with Crippen LogP contribution in [0.4, 0.5) is 0 Å². The molecule has 3 nitrogen and oxygen atoms in total. The van der Waals surface area contributed by atoms with E-state index in [1.54, 1.807) is 5.57 Å². The molecule has 0 amide bonds. The summed E-state index contributed by atoms with van der Waals surface area (Å²) in [6.45, 7) is 14.2. The summed E-state index contributed by atoms with van der Waals surface area (Å²) in [6, 6.07) is 0. The number of hydrogen-bond acceptors (Lipinski definition) is 3. The van der Waals surface area contributed by atoms with E-state index in [4.69, 9.17) is 9.47 Å². The lowest BCUT2D eigenvalue weighted by Gasteiger charge is -2.27. The van der Waals surface area contributed by atoms with Crippen LogP contribution in [0.25, 0.3) is 0 Å². The molecule has 0 N–H and O–H groups in total. The number of rotatable bonds is 4. The number of hydrogen-bond donors (Lipinski definition) is 0. The van der Waals surface area contributed by atoms with Crippen molar-refractivity contribution in [1.82, 2.24) is 4.90 Å². The lowest BCUT2D eigenvalue weighted by molar-refractivity contribution is 0.0354. The molecule has 0 bridgehead atoms. The van der Waals surface area contributed by atoms with Crippen LogP contribution in [0, 0.1) is 5.92 Å². The average Bonchev–Trinajstić information content (AvgIpc) is 2.73. The number of morpholine rings is 1. The molecule has 0 radical (unpaired) electrons. The van der Waals surface area contributed by atoms with Crippen LogP contribution in [0.5, 0.6) is 0 Å². The van der Waals surface area contributed by atoms with Gasteiger partial charge in [-0.2, -0.15) is 0 Å². The van der Waals surface area contributed by atoms with E-state index < -0.39 is 8.07 Å². The van der Waals surface area contributed by atoms with Gasteiger partial charge in [0.15, 0.2) is 0 Å². The summed E-state index contributed by atoms with van der Waals surface area (Å²) in [5.41, 5.74) is 4.12. The molecule has 1 atom stereocenters. The van der Waals surface area contributed by atoms with E-state index in [1.807, 2.05) is 0 Å². The molecule has 1 unspecified atom stereocenters. The van der Waals surface area contributed by atoms with Crippen LogP contribution < -0.4 is 0 Å². The molecule has 2 fully saturated rings. The summed E-state index contributed by atoms with van der Waals surface area (Å²) in [5.74, 6) is 0.666. The van der Waals surface area contributed by atoms with Crippen LogP contribution >= 0.6 is 0 Å². The van der Waals surface area contributed by atoms with E-state index in [0.29, 0.717) is 5.92 Å². The van der Waals surface area contributed by atoms with Crippen molar-refractivity contribution >= 4 is 8.07 Å². The molecular formula is C14H27NO2Si. The van der Waals surface area contributed by atoms with Crippen LogP contribution in [-0.4, -0.2) is 59.0 Å². The fraction of sp³-hybridized carbons (Fsp3) is 0.857. The minimum absolute atomic E-state index is 0.666. The quantitative estimate of drug-likeness (QED) is 0.730. The van der Waals surface area contributed by atoms with Gasteiger partial charge in [0, 0.05) is 19.0 Å². The van der Waals surface area contributed by atoms with Crippen molar-refractivity contribution in [2.75, 3.05) is 46.1 Å². The molecule has 0 aliphatic carbocycles. The van der Waals surface area contributed by atoms with Gasteiger partial charge in [-0.1, -0.05) is 25.3 Å². The molecule has 2 saturated heterocycles. The maximum atomic E-state index is 5.67. The Labute approximate surface area is 112 Å². The summed E-state index contributed by atoms with van der Waals surface area (Å²) >= 11 is 0. The van der Waals surface area contributed by atoms with Gasteiger partial charge in [-0.25, -0.2) is 0 Å². The van der Waals surface area contributed by atoms with Crippen molar-refractivity contribution in [2.24, 2.45) is 5.92 Å². The normalized spacial score (nSPS) is 29.1. The molecular weight excluding hydrogens is 242 g/mol. The van der Waals surface area contributed by atoms with Gasteiger partial charge in [0.2, 0.25) is 0 Å². The maximum absolute atomic E-state index is 5.67. The number of nitrogens with zero attached hydrogens (tertiary/aromatic N) is 1. The third-order valence-corrected chi connectivity index (χ3v) is 4.86. The maximum Gasteiger partial charge on any atom is 0.0687 e. The second-order valence-electron chi connectivity index (χ2n) is 6.54. The Morgan fingerprint density at radius 3 is 2.61 bits per heavy atom. The van der Waals surface area contributed by atoms with Crippen molar-refractivity contribution in [3.63, 3.8) is 0 Å². The van der Waals surface area contributed by atoms with Gasteiger partial charge in [-0.15, -0.1) is 0 Å². The lowest BCUT2D eigenvalue weighted by atomic mass is 10.0. The predicted molar refractivity (Wildman–Crippen MR) is 77.6 cm³/mol. The van der Waals surface area contributed by atoms with Crippen LogP contribution in [0.3, 0.4) is 0 Å². The zero-order valence-electron chi connectivity index (χ0n) is 12.1. The third kappa shape index (κ3) is 4.50. The average molecular weight is 269 g/mol. The highest BCUT2D eigenvalue weighted by atomic mass is 28.3. The van der Waals surface area contributed by atoms with Crippen LogP contribution in [-0.2, 0) is 9.47 Å². The fourth-order valence-corrected chi connectivity index (χ4v) is 4.12. The summed E-state index contributed by atoms with van der Waals surface area (Å²) in [5, 5.41) is 0. The summed E-state index contributed by atoms with van der Waals surface area (Å²) in [7, 11) is -1.11. The van der Waals surface area contributed by atoms with Gasteiger partial charge in [-0.3, -0.25) is 4.90 Å². The molecule has 18 heavy (non-hydrogen) atoms. The van der Waals surface area contributed by atoms with E-state index in [9.17, 15) is 0 Å². The van der Waals surface area contributed by atoms with Gasteiger partial charge in [0.05, 0.1) is 34.5 Å². The summed E-state index contributed by atoms with van der Waals surface area (Å²) < 4.78 is 11.1. The molecule has 4 heteroatoms. The first-order valence-corrected chi connectivity index (χ1v) is 10.7. The topological polar surface area (TPSA) is 21.7 Å². The minimum Gasteiger partial charge on any atom is -0.379 e. The van der Waals surface area contributed by atoms with E-state index in [1.165, 1.54) is 13.0 Å². The first-order chi connectivity index (χ1) is 8.54. The highest BCUT2D eigenvalue weighted by Gasteiger charge is 2.24. The Bertz CT molecular complexity index is 293. The van der Waals surface area contributed by atoms with Crippen LogP contribution in [0.15, 0.2) is 11.3 Å². The highest BCUT2D eigenvalue weighted by molar-refractivity contribution is 6.81. The zero-order valence-corrected chi connectivity index (χ0v) is 13.1. The van der Waals surface area contributed by atoms with Crippen molar-refractivity contribution < 1.29 is 9.47 Å². The SMILES string of the molecule is C[Si](C)(C)/C=C1\COCC1CCN1CCOCC1. The van der Waals surface area contributed by atoms with Gasteiger partial charge >= 0.3 is 0 Å². The zero-order chi connectivity index (χ0) is 13.0. The lowest BCUT2D eigenvalue weighted by Crippen LogP contribution is -2.37. The van der Waals surface area contributed by atoms with Gasteiger partial charge in [0.1, 0.15) is 0 Å². The molecule has 0 aromatic carbocycles. The van der Waals surface area contributed by atoms with E-state index in [-0.39, 0.29) is 0 Å². The second kappa shape index (κ2) is 6.33. The highest BCUT2D eigenvalue weighted by Crippen LogP contribution is 2.25. The standard InChI is InChI=1S/C14H27NO2Si/c1-18(2,3)12-14-11-17-10-13(14)4-5-15-6-8-16-9-7-15/h12-13H,4-11H2,1-3H3/b14-12+. The van der Waals surface area contributed by atoms with Crippen LogP contribution in [0.2, 0.25) is 19.6 Å². The second-order valence-corrected chi connectivity index (χ2v) is 11.6. The number of ether oxygens (including phenoxy) is 2. The Balaban J connectivity index is 1.82. The van der Waals surface area contributed by atoms with Crippen molar-refractivity contribution in [3.05, 3.63) is 11.3 Å². The van der Waals surface area contributed by atoms with E-state index in [0.717, 1.165) is 39.5 Å². The molecule has 2 rings (SSSR count). The first-order valence-electron chi connectivity index (χ1n) is 7.14. The smallest absolute Gasteiger partial charge is 0.0687 e. The Hall–Kier alpha value is -0.163. The minimum atomic E-state index is -1.11. The molecule has 0 aromatic rings. The molecule has 104 valence electrons. The first kappa shape index (κ1) is 14.3. The van der Waals surface area contributed by atoms with E-state index >= 15 is 0 Å². The molecule has 2 heterocycles. The van der Waals surface area contributed by atoms with Gasteiger partial charge in [-0.05, 0) is 18.5 Å². The monoisotopic (exact) mass is 269 g/mol. The Morgan fingerprint density at radius 2 is 1.94 bits per heavy atom. The molecule has 2 aliphatic heterocycles. The summed E-state index contributed by atoms with van der Waals surface area (Å²) in [6.07, 6.45) is 1.25. The van der Waals surface area contributed by atoms with Crippen LogP contribution in [0.1, 0.15) is 6.42 Å². The fourth-order valence-electron chi connectivity index (χ4n) is 2.69. The molecule has 0 aromatic heterocycles. The largest absolute Gasteiger partial charge is 0.379 e. The predicted octanol–water partition coefficient (Wildman–Crippen LogP) is 2.16.